The van der Waals surface area contributed by atoms with Crippen molar-refractivity contribution < 1.29 is 9.18 Å². The lowest BCUT2D eigenvalue weighted by Gasteiger charge is -2.02. The van der Waals surface area contributed by atoms with E-state index in [0.29, 0.717) is 17.0 Å². The molecule has 6 heteroatoms. The molecule has 0 amide bonds. The fourth-order valence-electron chi connectivity index (χ4n) is 2.35. The molecule has 0 saturated carbocycles. The molecule has 0 aliphatic carbocycles. The summed E-state index contributed by atoms with van der Waals surface area (Å²) in [5.41, 5.74) is 0.262. The highest BCUT2D eigenvalue weighted by Gasteiger charge is 2.09. The van der Waals surface area contributed by atoms with Gasteiger partial charge in [0.2, 0.25) is 0 Å². The third kappa shape index (κ3) is 2.94. The summed E-state index contributed by atoms with van der Waals surface area (Å²) >= 11 is 6.13. The van der Waals surface area contributed by atoms with Crippen molar-refractivity contribution in [2.24, 2.45) is 0 Å². The summed E-state index contributed by atoms with van der Waals surface area (Å²) in [7, 11) is 0. The van der Waals surface area contributed by atoms with Gasteiger partial charge < -0.3 is 0 Å². The number of rotatable bonds is 3. The summed E-state index contributed by atoms with van der Waals surface area (Å²) < 4.78 is 15.1. The predicted molar refractivity (Wildman–Crippen MR) is 91.1 cm³/mol. The van der Waals surface area contributed by atoms with Gasteiger partial charge in [0.25, 0.3) is 5.56 Å². The number of carbonyl (C=O) groups is 1. The number of aromatic nitrogens is 2. The maximum absolute atomic E-state index is 13.9. The van der Waals surface area contributed by atoms with Crippen LogP contribution in [0, 0.1) is 5.82 Å². The first-order valence-corrected chi connectivity index (χ1v) is 7.47. The topological polar surface area (TPSA) is 54.9 Å². The van der Waals surface area contributed by atoms with Crippen LogP contribution in [0.25, 0.3) is 17.8 Å². The van der Waals surface area contributed by atoms with Gasteiger partial charge in [-0.05, 0) is 24.3 Å². The highest BCUT2D eigenvalue weighted by molar-refractivity contribution is 6.32. The molecule has 4 nitrogen and oxygen atoms in total. The Morgan fingerprint density at radius 2 is 1.79 bits per heavy atom. The molecular weight excluding hydrogens is 331 g/mol. The zero-order chi connectivity index (χ0) is 17.1. The van der Waals surface area contributed by atoms with Gasteiger partial charge in [-0.15, -0.1) is 0 Å². The zero-order valence-corrected chi connectivity index (χ0v) is 13.1. The molecule has 3 rings (SSSR count). The van der Waals surface area contributed by atoms with Crippen molar-refractivity contribution in [1.29, 1.82) is 0 Å². The fourth-order valence-corrected chi connectivity index (χ4v) is 2.57. The van der Waals surface area contributed by atoms with E-state index in [9.17, 15) is 14.0 Å². The molecule has 0 saturated heterocycles. The molecule has 1 N–H and O–H groups in total. The van der Waals surface area contributed by atoms with Crippen LogP contribution in [0.1, 0.15) is 5.56 Å². The fraction of sp³-hybridized carbons (Fsp3) is 0. The van der Waals surface area contributed by atoms with Crippen molar-refractivity contribution in [1.82, 2.24) is 9.78 Å². The van der Waals surface area contributed by atoms with E-state index in [1.165, 1.54) is 22.9 Å². The number of aldehydes is 1. The lowest BCUT2D eigenvalue weighted by Crippen LogP contribution is -2.35. The van der Waals surface area contributed by atoms with Crippen molar-refractivity contribution in [3.63, 3.8) is 0 Å². The van der Waals surface area contributed by atoms with Crippen molar-refractivity contribution in [2.45, 2.75) is 0 Å². The quantitative estimate of drug-likeness (QED) is 0.738. The first kappa shape index (κ1) is 16.0. The Kier molecular flexibility index (Phi) is 4.44. The van der Waals surface area contributed by atoms with E-state index in [2.05, 4.69) is 5.10 Å². The molecular formula is C18H12ClFN2O2. The minimum Gasteiger partial charge on any atom is -0.298 e. The molecule has 2 aromatic carbocycles. The second kappa shape index (κ2) is 6.68. The van der Waals surface area contributed by atoms with Crippen molar-refractivity contribution in [3.8, 4) is 5.69 Å². The van der Waals surface area contributed by atoms with Crippen LogP contribution in [0.4, 0.5) is 4.39 Å². The number of nitrogens with one attached hydrogen (secondary N) is 1. The molecule has 120 valence electrons. The van der Waals surface area contributed by atoms with Crippen LogP contribution in [-0.4, -0.2) is 16.1 Å². The summed E-state index contributed by atoms with van der Waals surface area (Å²) in [5, 5.41) is 3.65. The second-order valence-electron chi connectivity index (χ2n) is 5.00. The molecule has 1 heterocycles. The van der Waals surface area contributed by atoms with Gasteiger partial charge in [0, 0.05) is 11.6 Å². The Morgan fingerprint density at radius 3 is 2.50 bits per heavy atom. The number of nitrogens with zero attached hydrogens (tertiary/aromatic N) is 1. The first-order valence-electron chi connectivity index (χ1n) is 7.09. The minimum atomic E-state index is -0.459. The monoisotopic (exact) mass is 342 g/mol. The van der Waals surface area contributed by atoms with Gasteiger partial charge in [-0.3, -0.25) is 14.7 Å². The Labute approximate surface area is 141 Å². The molecule has 0 atom stereocenters. The normalized spacial score (nSPS) is 12.6. The molecule has 0 aliphatic heterocycles. The van der Waals surface area contributed by atoms with E-state index in [-0.39, 0.29) is 16.1 Å². The molecule has 0 spiro atoms. The lowest BCUT2D eigenvalue weighted by atomic mass is 10.2. The van der Waals surface area contributed by atoms with Gasteiger partial charge in [0.05, 0.1) is 21.3 Å². The van der Waals surface area contributed by atoms with Gasteiger partial charge in [0.15, 0.2) is 0 Å². The summed E-state index contributed by atoms with van der Waals surface area (Å²) in [6.07, 6.45) is 3.17. The number of hydrogen-bond donors (Lipinski definition) is 1. The smallest absolute Gasteiger partial charge is 0.279 e. The third-order valence-corrected chi connectivity index (χ3v) is 3.81. The number of aromatic amines is 1. The predicted octanol–water partition coefficient (Wildman–Crippen LogP) is 1.77. The highest BCUT2D eigenvalue weighted by atomic mass is 35.5. The highest BCUT2D eigenvalue weighted by Crippen LogP contribution is 2.16. The summed E-state index contributed by atoms with van der Waals surface area (Å²) in [6.45, 7) is 0. The Morgan fingerprint density at radius 1 is 1.08 bits per heavy atom. The van der Waals surface area contributed by atoms with Crippen molar-refractivity contribution >= 4 is 30.0 Å². The van der Waals surface area contributed by atoms with Crippen LogP contribution >= 0.6 is 11.6 Å². The lowest BCUT2D eigenvalue weighted by molar-refractivity contribution is -0.103. The van der Waals surface area contributed by atoms with Crippen LogP contribution in [-0.2, 0) is 4.79 Å². The molecule has 1 aromatic heterocycles. The molecule has 24 heavy (non-hydrogen) atoms. The number of halogens is 2. The summed E-state index contributed by atoms with van der Waals surface area (Å²) in [4.78, 5) is 23.6. The molecule has 3 aromatic rings. The zero-order valence-electron chi connectivity index (χ0n) is 12.4. The third-order valence-electron chi connectivity index (χ3n) is 3.49. The van der Waals surface area contributed by atoms with Crippen LogP contribution in [0.3, 0.4) is 0 Å². The Hall–Kier alpha value is -2.92. The van der Waals surface area contributed by atoms with Crippen LogP contribution in [0.2, 0.25) is 5.02 Å². The average molecular weight is 343 g/mol. The standard InChI is InChI=1S/C18H12ClFN2O2/c19-14-6-2-4-8-17(14)22-18(24)13(16(21-22)9-10-23)11-12-5-1-3-7-15(12)20/h1-11,21H/b13-11-,16-9+. The van der Waals surface area contributed by atoms with Crippen LogP contribution in [0.15, 0.2) is 53.3 Å². The van der Waals surface area contributed by atoms with Crippen LogP contribution < -0.4 is 16.1 Å². The van der Waals surface area contributed by atoms with Crippen molar-refractivity contribution in [3.05, 3.63) is 85.9 Å². The summed E-state index contributed by atoms with van der Waals surface area (Å²) in [5.74, 6) is -0.459. The molecule has 0 fully saturated rings. The Bertz CT molecular complexity index is 1080. The molecule has 0 bridgehead atoms. The molecule has 0 radical (unpaired) electrons. The van der Waals surface area contributed by atoms with Gasteiger partial charge in [0.1, 0.15) is 12.1 Å². The maximum atomic E-state index is 13.9. The second-order valence-corrected chi connectivity index (χ2v) is 5.41. The van der Waals surface area contributed by atoms with E-state index >= 15 is 0 Å². The van der Waals surface area contributed by atoms with E-state index in [1.54, 1.807) is 42.5 Å². The maximum Gasteiger partial charge on any atom is 0.279 e. The Balaban J connectivity index is 2.34. The van der Waals surface area contributed by atoms with Gasteiger partial charge in [-0.1, -0.05) is 41.9 Å². The average Bonchev–Trinajstić information content (AvgIpc) is 2.87. The number of carbonyl (C=O) groups excluding carboxylic acids is 1. The molecule has 0 aliphatic rings. The van der Waals surface area contributed by atoms with E-state index in [0.717, 1.165) is 0 Å². The number of hydrogen-bond acceptors (Lipinski definition) is 2. The number of H-pyrrole nitrogens is 1. The van der Waals surface area contributed by atoms with E-state index in [1.807, 2.05) is 0 Å². The van der Waals surface area contributed by atoms with Gasteiger partial charge >= 0.3 is 0 Å². The molecule has 0 unspecified atom stereocenters. The number of benzene rings is 2. The van der Waals surface area contributed by atoms with Crippen LogP contribution in [0.5, 0.6) is 0 Å². The van der Waals surface area contributed by atoms with Gasteiger partial charge in [-0.25, -0.2) is 9.07 Å². The van der Waals surface area contributed by atoms with E-state index in [4.69, 9.17) is 11.6 Å². The van der Waals surface area contributed by atoms with Gasteiger partial charge in [-0.2, -0.15) is 0 Å². The largest absolute Gasteiger partial charge is 0.298 e. The number of para-hydroxylation sites is 1. The van der Waals surface area contributed by atoms with Crippen molar-refractivity contribution in [2.75, 3.05) is 0 Å². The van der Waals surface area contributed by atoms with E-state index < -0.39 is 11.4 Å². The minimum absolute atomic E-state index is 0.173. The SMILES string of the molecule is O=C/C=c1/[nH]n(-c2ccccc2Cl)c(=O)/c1=C\c1ccccc1F. The first-order chi connectivity index (χ1) is 11.6. The summed E-state index contributed by atoms with van der Waals surface area (Å²) in [6, 6.07) is 12.9.